The fourth-order valence-corrected chi connectivity index (χ4v) is 4.99. The first-order valence-electron chi connectivity index (χ1n) is 11.7. The normalized spacial score (nSPS) is 22.1. The lowest BCUT2D eigenvalue weighted by Crippen LogP contribution is -2.35. The van der Waals surface area contributed by atoms with E-state index in [9.17, 15) is 9.18 Å². The van der Waals surface area contributed by atoms with Crippen molar-refractivity contribution in [2.24, 2.45) is 11.8 Å². The van der Waals surface area contributed by atoms with Gasteiger partial charge in [-0.2, -0.15) is 0 Å². The summed E-state index contributed by atoms with van der Waals surface area (Å²) in [5, 5.41) is 7.89. The number of anilines is 1. The fraction of sp³-hybridized carbons (Fsp3) is 0.440. The van der Waals surface area contributed by atoms with Crippen molar-refractivity contribution in [2.75, 3.05) is 38.4 Å². The van der Waals surface area contributed by atoms with Gasteiger partial charge in [0.15, 0.2) is 17.1 Å². The van der Waals surface area contributed by atoms with E-state index in [1.807, 2.05) is 0 Å². The molecule has 3 heterocycles. The molecule has 0 spiro atoms. The van der Waals surface area contributed by atoms with E-state index in [1.165, 1.54) is 12.1 Å². The lowest BCUT2D eigenvalue weighted by atomic mass is 9.91. The van der Waals surface area contributed by atoms with Crippen LogP contribution in [0.2, 0.25) is 0 Å². The Balaban J connectivity index is 0.930. The molecule has 2 aromatic carbocycles. The summed E-state index contributed by atoms with van der Waals surface area (Å²) in [6.07, 6.45) is 2.64. The molecular formula is C25H26FN3O5. The van der Waals surface area contributed by atoms with Crippen LogP contribution in [-0.4, -0.2) is 49.2 Å². The minimum absolute atomic E-state index is 0.197. The molecule has 34 heavy (non-hydrogen) atoms. The minimum atomic E-state index is -0.454. The van der Waals surface area contributed by atoms with Crippen LogP contribution in [0.15, 0.2) is 40.9 Å². The molecule has 1 saturated heterocycles. The molecule has 1 N–H and O–H groups in total. The first-order chi connectivity index (χ1) is 16.6. The van der Waals surface area contributed by atoms with Crippen LogP contribution in [0.25, 0.3) is 11.0 Å². The molecule has 1 aliphatic carbocycles. The van der Waals surface area contributed by atoms with Gasteiger partial charge in [-0.05, 0) is 68.5 Å². The van der Waals surface area contributed by atoms with E-state index in [0.717, 1.165) is 50.0 Å². The number of aromatic nitrogens is 1. The molecule has 2 fully saturated rings. The van der Waals surface area contributed by atoms with Crippen molar-refractivity contribution >= 4 is 22.7 Å². The number of hydrogen-bond acceptors (Lipinski definition) is 7. The molecule has 178 valence electrons. The highest BCUT2D eigenvalue weighted by Crippen LogP contribution is 2.41. The number of nitrogens with one attached hydrogen (secondary N) is 1. The van der Waals surface area contributed by atoms with E-state index >= 15 is 0 Å². The number of halogens is 1. The maximum atomic E-state index is 13.4. The van der Waals surface area contributed by atoms with Crippen molar-refractivity contribution < 1.29 is 27.9 Å². The van der Waals surface area contributed by atoms with Gasteiger partial charge in [0.2, 0.25) is 6.79 Å². The number of fused-ring (bicyclic) bond motifs is 2. The molecular weight excluding hydrogens is 441 g/mol. The Bertz CT molecular complexity index is 1210. The number of carbonyl (C=O) groups excluding carboxylic acids is 1. The zero-order valence-corrected chi connectivity index (χ0v) is 18.7. The maximum Gasteiger partial charge on any atom is 0.411 e. The second kappa shape index (κ2) is 8.79. The van der Waals surface area contributed by atoms with E-state index in [2.05, 4.69) is 15.4 Å². The Labute approximate surface area is 195 Å². The van der Waals surface area contributed by atoms with Crippen molar-refractivity contribution in [2.45, 2.75) is 25.2 Å². The summed E-state index contributed by atoms with van der Waals surface area (Å²) >= 11 is 0. The smallest absolute Gasteiger partial charge is 0.411 e. The molecule has 1 amide bonds. The average molecular weight is 467 g/mol. The Morgan fingerprint density at radius 3 is 2.85 bits per heavy atom. The van der Waals surface area contributed by atoms with Gasteiger partial charge < -0.3 is 23.6 Å². The first kappa shape index (κ1) is 21.2. The highest BCUT2D eigenvalue weighted by atomic mass is 19.1. The summed E-state index contributed by atoms with van der Waals surface area (Å²) in [5.41, 5.74) is 2.08. The van der Waals surface area contributed by atoms with Crippen LogP contribution < -0.4 is 14.8 Å². The molecule has 3 aromatic rings. The lowest BCUT2D eigenvalue weighted by molar-refractivity contribution is 0.149. The quantitative estimate of drug-likeness (QED) is 0.559. The Hall–Kier alpha value is -3.33. The molecule has 6 rings (SSSR count). The zero-order valence-electron chi connectivity index (χ0n) is 18.7. The van der Waals surface area contributed by atoms with Gasteiger partial charge >= 0.3 is 6.09 Å². The van der Waals surface area contributed by atoms with E-state index in [1.54, 1.807) is 24.3 Å². The second-order valence-electron chi connectivity index (χ2n) is 9.33. The summed E-state index contributed by atoms with van der Waals surface area (Å²) in [4.78, 5) is 14.6. The van der Waals surface area contributed by atoms with Gasteiger partial charge in [-0.25, -0.2) is 9.18 Å². The van der Waals surface area contributed by atoms with Gasteiger partial charge in [0, 0.05) is 35.7 Å². The van der Waals surface area contributed by atoms with Crippen LogP contribution >= 0.6 is 0 Å². The minimum Gasteiger partial charge on any atom is -0.454 e. The molecule has 3 aliphatic rings. The number of benzene rings is 2. The van der Waals surface area contributed by atoms with Gasteiger partial charge in [0.05, 0.1) is 12.3 Å². The predicted molar refractivity (Wildman–Crippen MR) is 122 cm³/mol. The van der Waals surface area contributed by atoms with Crippen LogP contribution in [0.5, 0.6) is 11.5 Å². The van der Waals surface area contributed by atoms with Crippen LogP contribution in [-0.2, 0) is 4.74 Å². The number of rotatable bonds is 6. The largest absolute Gasteiger partial charge is 0.454 e. The van der Waals surface area contributed by atoms with Crippen LogP contribution in [0, 0.1) is 17.7 Å². The highest BCUT2D eigenvalue weighted by Gasteiger charge is 2.40. The molecule has 8 nitrogen and oxygen atoms in total. The summed E-state index contributed by atoms with van der Waals surface area (Å²) in [5.74, 6) is 2.29. The Morgan fingerprint density at radius 2 is 1.97 bits per heavy atom. The average Bonchev–Trinajstić information content (AvgIpc) is 3.21. The monoisotopic (exact) mass is 467 g/mol. The molecule has 2 aliphatic heterocycles. The molecule has 0 radical (unpaired) electrons. The third kappa shape index (κ3) is 4.40. The Morgan fingerprint density at radius 1 is 1.12 bits per heavy atom. The molecule has 9 heteroatoms. The number of hydrogen-bond donors (Lipinski definition) is 1. The van der Waals surface area contributed by atoms with E-state index in [4.69, 9.17) is 18.7 Å². The topological polar surface area (TPSA) is 86.1 Å². The first-order valence-corrected chi connectivity index (χ1v) is 11.7. The highest BCUT2D eigenvalue weighted by molar-refractivity contribution is 5.85. The van der Waals surface area contributed by atoms with Crippen LogP contribution in [0.1, 0.15) is 30.9 Å². The number of amides is 1. The number of likely N-dealkylation sites (tertiary alicyclic amines) is 1. The van der Waals surface area contributed by atoms with Crippen molar-refractivity contribution in [1.29, 1.82) is 0 Å². The summed E-state index contributed by atoms with van der Waals surface area (Å²) < 4.78 is 34.8. The molecule has 1 saturated carbocycles. The maximum absolute atomic E-state index is 13.4. The summed E-state index contributed by atoms with van der Waals surface area (Å²) in [7, 11) is 0. The van der Waals surface area contributed by atoms with E-state index in [0.29, 0.717) is 47.1 Å². The van der Waals surface area contributed by atoms with E-state index in [-0.39, 0.29) is 12.6 Å². The van der Waals surface area contributed by atoms with Crippen molar-refractivity contribution in [3.05, 3.63) is 47.9 Å². The van der Waals surface area contributed by atoms with Gasteiger partial charge in [-0.3, -0.25) is 5.32 Å². The van der Waals surface area contributed by atoms with Gasteiger partial charge in [-0.1, -0.05) is 5.16 Å². The third-order valence-electron chi connectivity index (χ3n) is 7.05. The van der Waals surface area contributed by atoms with Gasteiger partial charge in [0.1, 0.15) is 5.82 Å². The van der Waals surface area contributed by atoms with Crippen molar-refractivity contribution in [3.8, 4) is 11.5 Å². The molecule has 1 aromatic heterocycles. The third-order valence-corrected chi connectivity index (χ3v) is 7.05. The van der Waals surface area contributed by atoms with E-state index < -0.39 is 6.09 Å². The van der Waals surface area contributed by atoms with Gasteiger partial charge in [0.25, 0.3) is 0 Å². The second-order valence-corrected chi connectivity index (χ2v) is 9.33. The molecule has 0 bridgehead atoms. The number of piperidine rings is 1. The summed E-state index contributed by atoms with van der Waals surface area (Å²) in [6, 6.07) is 9.88. The fourth-order valence-electron chi connectivity index (χ4n) is 4.99. The number of ether oxygens (including phenoxy) is 3. The molecule has 2 atom stereocenters. The van der Waals surface area contributed by atoms with Crippen molar-refractivity contribution in [1.82, 2.24) is 10.1 Å². The zero-order chi connectivity index (χ0) is 23.1. The number of nitrogens with zero attached hydrogens (tertiary/aromatic N) is 2. The van der Waals surface area contributed by atoms with Crippen LogP contribution in [0.4, 0.5) is 14.9 Å². The van der Waals surface area contributed by atoms with Crippen LogP contribution in [0.3, 0.4) is 0 Å². The number of carbonyl (C=O) groups is 1. The molecule has 2 unspecified atom stereocenters. The summed E-state index contributed by atoms with van der Waals surface area (Å²) in [6.45, 7) is 3.64. The standard InChI is InChI=1S/C25H26FN3O5/c26-18-1-3-20-22(10-18)34-28-24(20)15-5-7-29(8-6-15)12-16-9-17(16)13-31-25(30)27-19-2-4-21-23(11-19)33-14-32-21/h1-4,10-11,15-17H,5-9,12-14H2,(H,27,30). The lowest BCUT2D eigenvalue weighted by Gasteiger charge is -2.31. The van der Waals surface area contributed by atoms with Crippen molar-refractivity contribution in [3.63, 3.8) is 0 Å². The predicted octanol–water partition coefficient (Wildman–Crippen LogP) is 4.76. The Kier molecular flexibility index (Phi) is 5.49. The SMILES string of the molecule is O=C(Nc1ccc2c(c1)OCO2)OCC1CC1CN1CCC(c2noc3cc(F)ccc23)CC1. The van der Waals surface area contributed by atoms with Gasteiger partial charge in [-0.15, -0.1) is 0 Å².